The first-order valence-electron chi connectivity index (χ1n) is 8.02. The predicted molar refractivity (Wildman–Crippen MR) is 92.2 cm³/mol. The van der Waals surface area contributed by atoms with E-state index in [2.05, 4.69) is 18.4 Å². The van der Waals surface area contributed by atoms with E-state index < -0.39 is 0 Å². The maximum atomic E-state index is 12.4. The topological polar surface area (TPSA) is 38.8 Å². The molecule has 0 saturated carbocycles. The maximum absolute atomic E-state index is 12.4. The molecule has 0 bridgehead atoms. The fourth-order valence-electron chi connectivity index (χ4n) is 3.58. The van der Waals surface area contributed by atoms with Crippen molar-refractivity contribution in [2.24, 2.45) is 0 Å². The largest absolute Gasteiger partial charge is 0.324 e. The smallest absolute Gasteiger partial charge is 0.258 e. The van der Waals surface area contributed by atoms with E-state index in [9.17, 15) is 4.79 Å². The summed E-state index contributed by atoms with van der Waals surface area (Å²) in [6.07, 6.45) is 1.12. The van der Waals surface area contributed by atoms with Crippen LogP contribution in [-0.2, 0) is 13.0 Å². The first-order valence-corrected chi connectivity index (χ1v) is 8.90. The van der Waals surface area contributed by atoms with Crippen LogP contribution in [-0.4, -0.2) is 15.9 Å². The summed E-state index contributed by atoms with van der Waals surface area (Å²) in [4.78, 5) is 20.1. The number of pyridine rings is 1. The van der Waals surface area contributed by atoms with Crippen LogP contribution in [0.5, 0.6) is 0 Å². The van der Waals surface area contributed by atoms with Crippen molar-refractivity contribution in [3.05, 3.63) is 67.9 Å². The lowest BCUT2D eigenvalue weighted by molar-refractivity contribution is -0.945. The third-order valence-electron chi connectivity index (χ3n) is 4.87. The van der Waals surface area contributed by atoms with Gasteiger partial charge in [-0.15, -0.1) is 11.3 Å². The van der Waals surface area contributed by atoms with Gasteiger partial charge in [-0.2, -0.15) is 0 Å². The zero-order chi connectivity index (χ0) is 16.0. The predicted octanol–water partition coefficient (Wildman–Crippen LogP) is 1.77. The van der Waals surface area contributed by atoms with Crippen LogP contribution in [0.3, 0.4) is 0 Å². The number of rotatable bonds is 2. The highest BCUT2D eigenvalue weighted by Crippen LogP contribution is 2.24. The van der Waals surface area contributed by atoms with Gasteiger partial charge in [-0.25, -0.2) is 4.98 Å². The van der Waals surface area contributed by atoms with Gasteiger partial charge in [-0.1, -0.05) is 6.07 Å². The highest BCUT2D eigenvalue weighted by Gasteiger charge is 2.28. The summed E-state index contributed by atoms with van der Waals surface area (Å²) in [6, 6.07) is 10.2. The Morgan fingerprint density at radius 1 is 1.39 bits per heavy atom. The van der Waals surface area contributed by atoms with Gasteiger partial charge in [0.15, 0.2) is 0 Å². The van der Waals surface area contributed by atoms with Gasteiger partial charge in [0, 0.05) is 28.6 Å². The second-order valence-electron chi connectivity index (χ2n) is 6.30. The fraction of sp³-hybridized carbons (Fsp3) is 0.333. The third kappa shape index (κ3) is 2.50. The molecular weight excluding hydrogens is 306 g/mol. The Balaban J connectivity index is 1.68. The van der Waals surface area contributed by atoms with Crippen LogP contribution >= 0.6 is 11.3 Å². The molecule has 4 nitrogen and oxygen atoms in total. The minimum Gasteiger partial charge on any atom is -0.324 e. The number of hydrogen-bond donors (Lipinski definition) is 1. The number of nitrogens with zero attached hydrogens (tertiary/aromatic N) is 2. The van der Waals surface area contributed by atoms with Crippen molar-refractivity contribution in [1.29, 1.82) is 0 Å². The van der Waals surface area contributed by atoms with Gasteiger partial charge in [0.1, 0.15) is 23.9 Å². The van der Waals surface area contributed by atoms with Crippen molar-refractivity contribution in [1.82, 2.24) is 9.38 Å². The molecular formula is C18H20N3OS+. The monoisotopic (exact) mass is 326 g/mol. The molecule has 4 heterocycles. The lowest BCUT2D eigenvalue weighted by atomic mass is 10.0. The van der Waals surface area contributed by atoms with Crippen LogP contribution in [0.15, 0.2) is 40.5 Å². The third-order valence-corrected chi connectivity index (χ3v) is 5.87. The number of hydrogen-bond acceptors (Lipinski definition) is 3. The average Bonchev–Trinajstić information content (AvgIpc) is 2.99. The van der Waals surface area contributed by atoms with Crippen LogP contribution in [0.2, 0.25) is 0 Å². The Bertz CT molecular complexity index is 927. The van der Waals surface area contributed by atoms with Crippen LogP contribution in [0.4, 0.5) is 0 Å². The first kappa shape index (κ1) is 14.6. The highest BCUT2D eigenvalue weighted by molar-refractivity contribution is 7.10. The number of aromatic nitrogens is 2. The summed E-state index contributed by atoms with van der Waals surface area (Å²) < 4.78 is 1.68. The first-order chi connectivity index (χ1) is 11.1. The molecule has 1 N–H and O–H groups in total. The Hall–Kier alpha value is -1.98. The summed E-state index contributed by atoms with van der Waals surface area (Å²) in [6.45, 7) is 6.11. The van der Waals surface area contributed by atoms with Gasteiger partial charge in [-0.05, 0) is 37.4 Å². The standard InChI is InChI=1S/C18H19N3OS/c1-12-4-3-5-17-19-14(10-18(22)21(12)17)11-20-8-6-16-15(13(20)2)7-9-23-16/h3-5,7,9-10,13H,6,8,11H2,1-2H3/p+1/t13-/m0/s1. The van der Waals surface area contributed by atoms with Crippen LogP contribution in [0.1, 0.15) is 34.8 Å². The van der Waals surface area contributed by atoms with Crippen molar-refractivity contribution in [2.75, 3.05) is 6.54 Å². The minimum absolute atomic E-state index is 0.0170. The molecule has 0 aliphatic carbocycles. The van der Waals surface area contributed by atoms with E-state index in [1.165, 1.54) is 15.3 Å². The van der Waals surface area contributed by atoms with Gasteiger partial charge >= 0.3 is 0 Å². The molecule has 0 aromatic carbocycles. The van der Waals surface area contributed by atoms with Crippen LogP contribution in [0.25, 0.3) is 5.65 Å². The number of aryl methyl sites for hydroxylation is 1. The van der Waals surface area contributed by atoms with Crippen molar-refractivity contribution >= 4 is 17.0 Å². The molecule has 0 spiro atoms. The van der Waals surface area contributed by atoms with E-state index in [4.69, 9.17) is 4.98 Å². The molecule has 0 saturated heterocycles. The summed E-state index contributed by atoms with van der Waals surface area (Å²) >= 11 is 1.86. The van der Waals surface area contributed by atoms with Crippen molar-refractivity contribution in [3.63, 3.8) is 0 Å². The molecule has 118 valence electrons. The molecule has 5 heteroatoms. The summed E-state index contributed by atoms with van der Waals surface area (Å²) in [5.74, 6) is 0. The quantitative estimate of drug-likeness (QED) is 0.779. The molecule has 1 unspecified atom stereocenters. The second kappa shape index (κ2) is 5.58. The molecule has 4 rings (SSSR count). The molecule has 2 atom stereocenters. The van der Waals surface area contributed by atoms with Crippen LogP contribution in [0, 0.1) is 6.92 Å². The van der Waals surface area contributed by atoms with Gasteiger partial charge < -0.3 is 4.90 Å². The zero-order valence-corrected chi connectivity index (χ0v) is 14.2. The Morgan fingerprint density at radius 3 is 3.13 bits per heavy atom. The molecule has 1 aliphatic heterocycles. The number of thiophene rings is 1. The van der Waals surface area contributed by atoms with E-state index in [-0.39, 0.29) is 5.56 Å². The lowest BCUT2D eigenvalue weighted by Crippen LogP contribution is -3.11. The van der Waals surface area contributed by atoms with Crippen molar-refractivity contribution in [3.8, 4) is 0 Å². The van der Waals surface area contributed by atoms with Crippen LogP contribution < -0.4 is 10.5 Å². The average molecular weight is 326 g/mol. The number of nitrogens with one attached hydrogen (secondary N) is 1. The Kier molecular flexibility index (Phi) is 3.54. The summed E-state index contributed by atoms with van der Waals surface area (Å²) in [7, 11) is 0. The molecule has 0 radical (unpaired) electrons. The fourth-order valence-corrected chi connectivity index (χ4v) is 4.56. The van der Waals surface area contributed by atoms with Crippen molar-refractivity contribution < 1.29 is 4.90 Å². The highest BCUT2D eigenvalue weighted by atomic mass is 32.1. The van der Waals surface area contributed by atoms with E-state index in [1.807, 2.05) is 36.5 Å². The van der Waals surface area contributed by atoms with Gasteiger partial charge in [0.2, 0.25) is 0 Å². The normalized spacial score (nSPS) is 20.6. The molecule has 3 aromatic heterocycles. The van der Waals surface area contributed by atoms with E-state index in [0.29, 0.717) is 6.04 Å². The Labute approximate surface area is 139 Å². The van der Waals surface area contributed by atoms with Crippen molar-refractivity contribution in [2.45, 2.75) is 32.9 Å². The molecule has 23 heavy (non-hydrogen) atoms. The lowest BCUT2D eigenvalue weighted by Gasteiger charge is -2.30. The van der Waals surface area contributed by atoms with E-state index in [1.54, 1.807) is 10.5 Å². The maximum Gasteiger partial charge on any atom is 0.258 e. The minimum atomic E-state index is 0.0170. The molecule has 0 amide bonds. The zero-order valence-electron chi connectivity index (χ0n) is 13.4. The SMILES string of the molecule is Cc1cccc2nc(C[NH+]3CCc4sccc4[C@@H]3C)cc(=O)n12. The molecule has 1 aliphatic rings. The summed E-state index contributed by atoms with van der Waals surface area (Å²) in [5, 5.41) is 2.19. The van der Waals surface area contributed by atoms with Gasteiger partial charge in [-0.3, -0.25) is 9.20 Å². The Morgan fingerprint density at radius 2 is 2.26 bits per heavy atom. The van der Waals surface area contributed by atoms with Gasteiger partial charge in [0.25, 0.3) is 5.56 Å². The van der Waals surface area contributed by atoms with Gasteiger partial charge in [0.05, 0.1) is 6.54 Å². The molecule has 0 fully saturated rings. The number of fused-ring (bicyclic) bond motifs is 2. The molecule has 3 aromatic rings. The van der Waals surface area contributed by atoms with E-state index in [0.717, 1.165) is 36.5 Å². The number of quaternary nitrogens is 1. The summed E-state index contributed by atoms with van der Waals surface area (Å²) in [5.41, 5.74) is 4.04. The van der Waals surface area contributed by atoms with E-state index >= 15 is 0 Å². The second-order valence-corrected chi connectivity index (χ2v) is 7.30.